The molecule has 2 unspecified atom stereocenters. The van der Waals surface area contributed by atoms with E-state index in [0.29, 0.717) is 6.04 Å². The first-order valence-electron chi connectivity index (χ1n) is 7.65. The summed E-state index contributed by atoms with van der Waals surface area (Å²) >= 11 is 0. The van der Waals surface area contributed by atoms with E-state index < -0.39 is 0 Å². The van der Waals surface area contributed by atoms with Crippen LogP contribution in [0.4, 0.5) is 0 Å². The van der Waals surface area contributed by atoms with Gasteiger partial charge in [-0.15, -0.1) is 0 Å². The second-order valence-corrected chi connectivity index (χ2v) is 5.41. The highest BCUT2D eigenvalue weighted by atomic mass is 15.2. The molecule has 3 heteroatoms. The van der Waals surface area contributed by atoms with Crippen molar-refractivity contribution in [2.24, 2.45) is 11.8 Å². The van der Waals surface area contributed by atoms with Crippen molar-refractivity contribution in [3.05, 3.63) is 30.1 Å². The van der Waals surface area contributed by atoms with Crippen molar-refractivity contribution in [1.82, 2.24) is 10.4 Å². The SMILES string of the molecule is CCCCC(CC)CC(CCc1ccncc1)NN. The second-order valence-electron chi connectivity index (χ2n) is 5.41. The molecule has 0 aromatic carbocycles. The van der Waals surface area contributed by atoms with Crippen molar-refractivity contribution >= 4 is 0 Å². The monoisotopic (exact) mass is 263 g/mol. The van der Waals surface area contributed by atoms with Crippen LogP contribution < -0.4 is 11.3 Å². The third-order valence-corrected chi connectivity index (χ3v) is 3.93. The summed E-state index contributed by atoms with van der Waals surface area (Å²) in [5.74, 6) is 6.51. The van der Waals surface area contributed by atoms with Crippen LogP contribution in [0.1, 0.15) is 57.9 Å². The first kappa shape index (κ1) is 16.1. The van der Waals surface area contributed by atoms with E-state index in [2.05, 4.69) is 36.4 Å². The summed E-state index contributed by atoms with van der Waals surface area (Å²) in [4.78, 5) is 4.05. The molecule has 108 valence electrons. The normalized spacial score (nSPS) is 14.3. The molecule has 2 atom stereocenters. The summed E-state index contributed by atoms with van der Waals surface area (Å²) in [5, 5.41) is 0. The summed E-state index contributed by atoms with van der Waals surface area (Å²) < 4.78 is 0. The first-order chi connectivity index (χ1) is 9.30. The first-order valence-corrected chi connectivity index (χ1v) is 7.65. The quantitative estimate of drug-likeness (QED) is 0.502. The topological polar surface area (TPSA) is 50.9 Å². The van der Waals surface area contributed by atoms with Gasteiger partial charge in [0.05, 0.1) is 0 Å². The lowest BCUT2D eigenvalue weighted by Gasteiger charge is -2.22. The average Bonchev–Trinajstić information content (AvgIpc) is 2.47. The molecule has 1 aromatic heterocycles. The van der Waals surface area contributed by atoms with E-state index in [4.69, 9.17) is 5.84 Å². The Morgan fingerprint density at radius 1 is 1.21 bits per heavy atom. The van der Waals surface area contributed by atoms with Crippen LogP contribution in [-0.4, -0.2) is 11.0 Å². The van der Waals surface area contributed by atoms with E-state index in [1.54, 1.807) is 0 Å². The maximum absolute atomic E-state index is 5.71. The van der Waals surface area contributed by atoms with Crippen molar-refractivity contribution < 1.29 is 0 Å². The number of nitrogens with zero attached hydrogens (tertiary/aromatic N) is 1. The van der Waals surface area contributed by atoms with E-state index in [9.17, 15) is 0 Å². The highest BCUT2D eigenvalue weighted by molar-refractivity contribution is 5.09. The van der Waals surface area contributed by atoms with Crippen LogP contribution in [0.5, 0.6) is 0 Å². The molecule has 0 aliphatic rings. The number of rotatable bonds is 10. The van der Waals surface area contributed by atoms with Crippen LogP contribution in [0, 0.1) is 5.92 Å². The predicted octanol–water partition coefficient (Wildman–Crippen LogP) is 3.45. The zero-order valence-corrected chi connectivity index (χ0v) is 12.4. The largest absolute Gasteiger partial charge is 0.271 e. The lowest BCUT2D eigenvalue weighted by molar-refractivity contribution is 0.340. The molecule has 0 aliphatic heterocycles. The van der Waals surface area contributed by atoms with E-state index in [-0.39, 0.29) is 0 Å². The summed E-state index contributed by atoms with van der Waals surface area (Å²) in [6.45, 7) is 4.55. The summed E-state index contributed by atoms with van der Waals surface area (Å²) in [7, 11) is 0. The van der Waals surface area contributed by atoms with Gasteiger partial charge in [0.2, 0.25) is 0 Å². The van der Waals surface area contributed by atoms with E-state index >= 15 is 0 Å². The predicted molar refractivity (Wildman–Crippen MR) is 81.6 cm³/mol. The van der Waals surface area contributed by atoms with Crippen LogP contribution >= 0.6 is 0 Å². The van der Waals surface area contributed by atoms with Gasteiger partial charge in [-0.2, -0.15) is 0 Å². The third-order valence-electron chi connectivity index (χ3n) is 3.93. The van der Waals surface area contributed by atoms with Crippen molar-refractivity contribution in [2.75, 3.05) is 0 Å². The standard InChI is InChI=1S/C16H29N3/c1-3-5-6-14(4-2)13-16(19-17)8-7-15-9-11-18-12-10-15/h9-12,14,16,19H,3-8,13,17H2,1-2H3. The van der Waals surface area contributed by atoms with Gasteiger partial charge in [0.1, 0.15) is 0 Å². The molecule has 0 amide bonds. The molecule has 0 fully saturated rings. The Hall–Kier alpha value is -0.930. The number of hydrazine groups is 1. The molecule has 19 heavy (non-hydrogen) atoms. The Kier molecular flexibility index (Phi) is 8.43. The Morgan fingerprint density at radius 2 is 1.95 bits per heavy atom. The van der Waals surface area contributed by atoms with Gasteiger partial charge >= 0.3 is 0 Å². The number of aryl methyl sites for hydroxylation is 1. The summed E-state index contributed by atoms with van der Waals surface area (Å²) in [5.41, 5.74) is 4.34. The molecular formula is C16H29N3. The fraction of sp³-hybridized carbons (Fsp3) is 0.688. The average molecular weight is 263 g/mol. The van der Waals surface area contributed by atoms with Crippen LogP contribution in [-0.2, 0) is 6.42 Å². The lowest BCUT2D eigenvalue weighted by Crippen LogP contribution is -2.37. The minimum absolute atomic E-state index is 0.426. The second kappa shape index (κ2) is 9.93. The van der Waals surface area contributed by atoms with Crippen LogP contribution in [0.2, 0.25) is 0 Å². The van der Waals surface area contributed by atoms with Gasteiger partial charge in [-0.3, -0.25) is 16.3 Å². The number of unbranched alkanes of at least 4 members (excludes halogenated alkanes) is 1. The Bertz CT molecular complexity index is 313. The van der Waals surface area contributed by atoms with Gasteiger partial charge in [0.25, 0.3) is 0 Å². The molecule has 1 aromatic rings. The maximum atomic E-state index is 5.71. The van der Waals surface area contributed by atoms with Gasteiger partial charge in [-0.05, 0) is 42.9 Å². The van der Waals surface area contributed by atoms with Crippen LogP contribution in [0.3, 0.4) is 0 Å². The molecule has 0 bridgehead atoms. The summed E-state index contributed by atoms with van der Waals surface area (Å²) in [6, 6.07) is 4.60. The molecule has 3 nitrogen and oxygen atoms in total. The molecule has 0 radical (unpaired) electrons. The van der Waals surface area contributed by atoms with E-state index in [1.165, 1.54) is 37.7 Å². The van der Waals surface area contributed by atoms with Gasteiger partial charge in [-0.1, -0.05) is 39.5 Å². The number of hydrogen-bond donors (Lipinski definition) is 2. The zero-order valence-electron chi connectivity index (χ0n) is 12.4. The number of pyridine rings is 1. The van der Waals surface area contributed by atoms with Gasteiger partial charge in [0.15, 0.2) is 0 Å². The molecule has 0 aliphatic carbocycles. The molecule has 1 heterocycles. The van der Waals surface area contributed by atoms with Gasteiger partial charge in [-0.25, -0.2) is 0 Å². The van der Waals surface area contributed by atoms with E-state index in [0.717, 1.165) is 18.8 Å². The fourth-order valence-corrected chi connectivity index (χ4v) is 2.54. The minimum atomic E-state index is 0.426. The van der Waals surface area contributed by atoms with Crippen molar-refractivity contribution in [1.29, 1.82) is 0 Å². The highest BCUT2D eigenvalue weighted by Gasteiger charge is 2.14. The van der Waals surface area contributed by atoms with Gasteiger partial charge < -0.3 is 0 Å². The summed E-state index contributed by atoms with van der Waals surface area (Å²) in [6.07, 6.45) is 12.3. The molecule has 1 rings (SSSR count). The van der Waals surface area contributed by atoms with Crippen molar-refractivity contribution in [3.63, 3.8) is 0 Å². The number of nitrogens with two attached hydrogens (primary N) is 1. The Labute approximate surface area is 118 Å². The smallest absolute Gasteiger partial charge is 0.0270 e. The van der Waals surface area contributed by atoms with Crippen LogP contribution in [0.15, 0.2) is 24.5 Å². The maximum Gasteiger partial charge on any atom is 0.0270 e. The van der Waals surface area contributed by atoms with Crippen molar-refractivity contribution in [2.45, 2.75) is 64.8 Å². The molecule has 3 N–H and O–H groups in total. The highest BCUT2D eigenvalue weighted by Crippen LogP contribution is 2.20. The zero-order chi connectivity index (χ0) is 13.9. The Balaban J connectivity index is 2.35. The number of aromatic nitrogens is 1. The Morgan fingerprint density at radius 3 is 2.53 bits per heavy atom. The minimum Gasteiger partial charge on any atom is -0.271 e. The van der Waals surface area contributed by atoms with Crippen molar-refractivity contribution in [3.8, 4) is 0 Å². The van der Waals surface area contributed by atoms with Crippen LogP contribution in [0.25, 0.3) is 0 Å². The lowest BCUT2D eigenvalue weighted by atomic mass is 9.90. The van der Waals surface area contributed by atoms with Gasteiger partial charge in [0, 0.05) is 18.4 Å². The molecule has 0 saturated heterocycles. The number of hydrogen-bond acceptors (Lipinski definition) is 3. The van der Waals surface area contributed by atoms with E-state index in [1.807, 2.05) is 12.4 Å². The molecule has 0 saturated carbocycles. The fourth-order valence-electron chi connectivity index (χ4n) is 2.54. The third kappa shape index (κ3) is 6.69. The molecular weight excluding hydrogens is 234 g/mol. The molecule has 0 spiro atoms. The number of nitrogens with one attached hydrogen (secondary N) is 1.